The van der Waals surface area contributed by atoms with E-state index in [4.69, 9.17) is 11.6 Å². The van der Waals surface area contributed by atoms with Crippen molar-refractivity contribution < 1.29 is 14.0 Å². The first-order valence-corrected chi connectivity index (χ1v) is 6.93. The molecule has 2 aromatic rings. The van der Waals surface area contributed by atoms with Crippen LogP contribution in [-0.4, -0.2) is 11.8 Å². The first kappa shape index (κ1) is 14.5. The summed E-state index contributed by atoms with van der Waals surface area (Å²) in [5.74, 6) is -2.46. The summed E-state index contributed by atoms with van der Waals surface area (Å²) in [5, 5.41) is 8.56. The van der Waals surface area contributed by atoms with E-state index >= 15 is 0 Å². The van der Waals surface area contributed by atoms with Gasteiger partial charge in [-0.25, -0.2) is 4.39 Å². The van der Waals surface area contributed by atoms with E-state index in [0.717, 1.165) is 11.6 Å². The summed E-state index contributed by atoms with van der Waals surface area (Å²) < 4.78 is 13.5. The average Bonchev–Trinajstić information content (AvgIpc) is 2.92. The number of halogens is 2. The molecule has 0 aliphatic carbocycles. The Hall–Kier alpha value is -1.92. The lowest BCUT2D eigenvalue weighted by Gasteiger charge is -2.07. The van der Waals surface area contributed by atoms with Gasteiger partial charge >= 0.3 is 11.8 Å². The van der Waals surface area contributed by atoms with E-state index in [1.807, 2.05) is 16.8 Å². The van der Waals surface area contributed by atoms with Gasteiger partial charge in [-0.2, -0.15) is 11.3 Å². The summed E-state index contributed by atoms with van der Waals surface area (Å²) in [6.07, 6.45) is 0. The minimum absolute atomic E-state index is 0.0925. The summed E-state index contributed by atoms with van der Waals surface area (Å²) in [6.45, 7) is 0.249. The van der Waals surface area contributed by atoms with E-state index in [1.165, 1.54) is 23.5 Å². The Morgan fingerprint density at radius 3 is 2.70 bits per heavy atom. The van der Waals surface area contributed by atoms with E-state index in [0.29, 0.717) is 0 Å². The number of hydrogen-bond donors (Lipinski definition) is 2. The van der Waals surface area contributed by atoms with Gasteiger partial charge in [-0.15, -0.1) is 0 Å². The maximum Gasteiger partial charge on any atom is 0.313 e. The summed E-state index contributed by atoms with van der Waals surface area (Å²) >= 11 is 7.08. The fraction of sp³-hybridized carbons (Fsp3) is 0.0769. The van der Waals surface area contributed by atoms with Crippen molar-refractivity contribution >= 4 is 40.4 Å². The van der Waals surface area contributed by atoms with Crippen LogP contribution in [0.2, 0.25) is 5.02 Å². The zero-order valence-corrected chi connectivity index (χ0v) is 11.7. The second-order valence-corrected chi connectivity index (χ2v) is 5.11. The minimum Gasteiger partial charge on any atom is -0.344 e. The SMILES string of the molecule is O=C(NCc1ccsc1)C(=O)Nc1ccc(Cl)cc1F. The molecule has 0 fully saturated rings. The third-order valence-electron chi connectivity index (χ3n) is 2.42. The van der Waals surface area contributed by atoms with E-state index in [9.17, 15) is 14.0 Å². The molecule has 104 valence electrons. The van der Waals surface area contributed by atoms with Gasteiger partial charge < -0.3 is 10.6 Å². The van der Waals surface area contributed by atoms with Crippen LogP contribution in [0.1, 0.15) is 5.56 Å². The van der Waals surface area contributed by atoms with Crippen molar-refractivity contribution in [3.63, 3.8) is 0 Å². The Bertz CT molecular complexity index is 631. The zero-order chi connectivity index (χ0) is 14.5. The van der Waals surface area contributed by atoms with Crippen LogP contribution in [0.3, 0.4) is 0 Å². The fourth-order valence-electron chi connectivity index (χ4n) is 1.43. The van der Waals surface area contributed by atoms with Crippen LogP contribution in [0.5, 0.6) is 0 Å². The third kappa shape index (κ3) is 3.79. The number of anilines is 1. The van der Waals surface area contributed by atoms with Crippen molar-refractivity contribution in [2.75, 3.05) is 5.32 Å². The van der Waals surface area contributed by atoms with E-state index in [2.05, 4.69) is 10.6 Å². The van der Waals surface area contributed by atoms with Crippen molar-refractivity contribution in [2.45, 2.75) is 6.54 Å². The number of rotatable bonds is 3. The summed E-state index contributed by atoms with van der Waals surface area (Å²) in [6, 6.07) is 5.60. The highest BCUT2D eigenvalue weighted by molar-refractivity contribution is 7.07. The van der Waals surface area contributed by atoms with Crippen LogP contribution in [0.25, 0.3) is 0 Å². The second kappa shape index (κ2) is 6.49. The Morgan fingerprint density at radius 1 is 1.25 bits per heavy atom. The molecule has 1 aromatic carbocycles. The molecule has 4 nitrogen and oxygen atoms in total. The van der Waals surface area contributed by atoms with Crippen LogP contribution >= 0.6 is 22.9 Å². The maximum atomic E-state index is 13.5. The van der Waals surface area contributed by atoms with Gasteiger partial charge in [0.05, 0.1) is 5.69 Å². The topological polar surface area (TPSA) is 58.2 Å². The molecule has 0 radical (unpaired) electrons. The molecule has 0 saturated heterocycles. The molecule has 0 aliphatic rings. The number of nitrogens with one attached hydrogen (secondary N) is 2. The number of thiophene rings is 1. The van der Waals surface area contributed by atoms with Gasteiger partial charge in [-0.05, 0) is 40.6 Å². The van der Waals surface area contributed by atoms with Gasteiger partial charge in [0, 0.05) is 11.6 Å². The molecule has 0 unspecified atom stereocenters. The summed E-state index contributed by atoms with van der Waals surface area (Å²) in [7, 11) is 0. The molecule has 2 rings (SSSR count). The highest BCUT2D eigenvalue weighted by Crippen LogP contribution is 2.18. The minimum atomic E-state index is -0.929. The number of benzene rings is 1. The maximum absolute atomic E-state index is 13.5. The molecule has 1 aromatic heterocycles. The summed E-state index contributed by atoms with van der Waals surface area (Å²) in [4.78, 5) is 23.1. The van der Waals surface area contributed by atoms with Crippen LogP contribution in [0.4, 0.5) is 10.1 Å². The van der Waals surface area contributed by atoms with Crippen LogP contribution < -0.4 is 10.6 Å². The molecule has 2 N–H and O–H groups in total. The zero-order valence-electron chi connectivity index (χ0n) is 10.2. The van der Waals surface area contributed by atoms with Crippen molar-refractivity contribution in [1.82, 2.24) is 5.32 Å². The van der Waals surface area contributed by atoms with Gasteiger partial charge in [0.2, 0.25) is 0 Å². The highest BCUT2D eigenvalue weighted by Gasteiger charge is 2.15. The lowest BCUT2D eigenvalue weighted by molar-refractivity contribution is -0.136. The van der Waals surface area contributed by atoms with E-state index < -0.39 is 17.6 Å². The molecule has 0 bridgehead atoms. The first-order chi connectivity index (χ1) is 9.56. The molecule has 1 heterocycles. The predicted molar refractivity (Wildman–Crippen MR) is 76.2 cm³/mol. The third-order valence-corrected chi connectivity index (χ3v) is 3.39. The molecule has 7 heteroatoms. The van der Waals surface area contributed by atoms with Crippen molar-refractivity contribution in [3.05, 3.63) is 51.4 Å². The Labute approximate surface area is 123 Å². The van der Waals surface area contributed by atoms with Gasteiger partial charge in [-0.3, -0.25) is 9.59 Å². The molecule has 2 amide bonds. The molecular weight excluding hydrogens is 303 g/mol. The molecule has 0 spiro atoms. The number of hydrogen-bond acceptors (Lipinski definition) is 3. The van der Waals surface area contributed by atoms with Crippen molar-refractivity contribution in [1.29, 1.82) is 0 Å². The summed E-state index contributed by atoms with van der Waals surface area (Å²) in [5.41, 5.74) is 0.805. The number of carbonyl (C=O) groups excluding carboxylic acids is 2. The highest BCUT2D eigenvalue weighted by atomic mass is 35.5. The molecule has 0 atom stereocenters. The van der Waals surface area contributed by atoms with Gasteiger partial charge in [0.25, 0.3) is 0 Å². The van der Waals surface area contributed by atoms with Crippen molar-refractivity contribution in [3.8, 4) is 0 Å². The molecule has 0 saturated carbocycles. The Balaban J connectivity index is 1.92. The lowest BCUT2D eigenvalue weighted by atomic mass is 10.3. The second-order valence-electron chi connectivity index (χ2n) is 3.89. The van der Waals surface area contributed by atoms with Crippen LogP contribution in [-0.2, 0) is 16.1 Å². The van der Waals surface area contributed by atoms with Crippen LogP contribution in [0, 0.1) is 5.82 Å². The average molecular weight is 313 g/mol. The lowest BCUT2D eigenvalue weighted by Crippen LogP contribution is -2.35. The first-order valence-electron chi connectivity index (χ1n) is 5.61. The Morgan fingerprint density at radius 2 is 2.05 bits per heavy atom. The smallest absolute Gasteiger partial charge is 0.313 e. The van der Waals surface area contributed by atoms with Crippen molar-refractivity contribution in [2.24, 2.45) is 0 Å². The molecular formula is C13H10ClFN2O2S. The predicted octanol–water partition coefficient (Wildman–Crippen LogP) is 2.80. The quantitative estimate of drug-likeness (QED) is 0.856. The molecule has 0 aliphatic heterocycles. The van der Waals surface area contributed by atoms with Gasteiger partial charge in [0.1, 0.15) is 5.82 Å². The van der Waals surface area contributed by atoms with Gasteiger partial charge in [0.15, 0.2) is 0 Å². The normalized spacial score (nSPS) is 10.1. The fourth-order valence-corrected chi connectivity index (χ4v) is 2.25. The molecule has 20 heavy (non-hydrogen) atoms. The van der Waals surface area contributed by atoms with Gasteiger partial charge in [-0.1, -0.05) is 11.6 Å². The van der Waals surface area contributed by atoms with Crippen LogP contribution in [0.15, 0.2) is 35.0 Å². The largest absolute Gasteiger partial charge is 0.344 e. The monoisotopic (exact) mass is 312 g/mol. The van der Waals surface area contributed by atoms with E-state index in [1.54, 1.807) is 0 Å². The number of amides is 2. The van der Waals surface area contributed by atoms with E-state index in [-0.39, 0.29) is 17.3 Å². The number of carbonyl (C=O) groups is 2. The standard InChI is InChI=1S/C13H10ClFN2O2S/c14-9-1-2-11(10(15)5-9)17-13(19)12(18)16-6-8-3-4-20-7-8/h1-5,7H,6H2,(H,16,18)(H,17,19). The Kier molecular flexibility index (Phi) is 4.70.